The van der Waals surface area contributed by atoms with Crippen molar-refractivity contribution in [3.05, 3.63) is 103 Å². The number of fused-ring (bicyclic) bond motifs is 1. The van der Waals surface area contributed by atoms with E-state index in [4.69, 9.17) is 32.7 Å². The molecule has 0 atom stereocenters. The number of rotatable bonds is 4. The standard InChI is InChI=1S/C22H11Cl2NO6/c23-14-4-1-13(18(24)10-14)9-20-21(26)17-8-7-16(11-19(17)31-20)30-22(27)12-2-5-15(6-3-12)25(28)29/h1-11H. The zero-order valence-electron chi connectivity index (χ0n) is 15.5. The maximum absolute atomic E-state index is 12.6. The van der Waals surface area contributed by atoms with Gasteiger partial charge in [0, 0.05) is 28.2 Å². The molecule has 1 aliphatic heterocycles. The van der Waals surface area contributed by atoms with Crippen LogP contribution in [0.5, 0.6) is 11.5 Å². The molecule has 0 fully saturated rings. The first-order chi connectivity index (χ1) is 14.8. The van der Waals surface area contributed by atoms with Crippen molar-refractivity contribution >= 4 is 46.7 Å². The lowest BCUT2D eigenvalue weighted by molar-refractivity contribution is -0.384. The van der Waals surface area contributed by atoms with E-state index in [-0.39, 0.29) is 34.3 Å². The quantitative estimate of drug-likeness (QED) is 0.163. The second-order valence-electron chi connectivity index (χ2n) is 6.46. The van der Waals surface area contributed by atoms with Crippen LogP contribution in [-0.4, -0.2) is 16.7 Å². The number of ketones is 1. The van der Waals surface area contributed by atoms with Crippen LogP contribution < -0.4 is 9.47 Å². The van der Waals surface area contributed by atoms with Crippen molar-refractivity contribution in [2.24, 2.45) is 0 Å². The summed E-state index contributed by atoms with van der Waals surface area (Å²) in [5.74, 6) is -0.591. The minimum absolute atomic E-state index is 0.0677. The normalized spacial score (nSPS) is 13.6. The highest BCUT2D eigenvalue weighted by Gasteiger charge is 2.28. The van der Waals surface area contributed by atoms with Gasteiger partial charge >= 0.3 is 5.97 Å². The smallest absolute Gasteiger partial charge is 0.343 e. The summed E-state index contributed by atoms with van der Waals surface area (Å²) in [6.45, 7) is 0. The summed E-state index contributed by atoms with van der Waals surface area (Å²) in [6, 6.07) is 14.2. The summed E-state index contributed by atoms with van der Waals surface area (Å²) in [4.78, 5) is 35.0. The molecule has 154 valence electrons. The van der Waals surface area contributed by atoms with Gasteiger partial charge in [-0.25, -0.2) is 4.79 Å². The Morgan fingerprint density at radius 3 is 2.45 bits per heavy atom. The number of hydrogen-bond donors (Lipinski definition) is 0. The van der Waals surface area contributed by atoms with Gasteiger partial charge in [0.05, 0.1) is 16.1 Å². The fraction of sp³-hybridized carbons (Fsp3) is 0. The minimum Gasteiger partial charge on any atom is -0.452 e. The van der Waals surface area contributed by atoms with E-state index in [1.165, 1.54) is 48.5 Å². The largest absolute Gasteiger partial charge is 0.452 e. The van der Waals surface area contributed by atoms with Gasteiger partial charge in [0.25, 0.3) is 5.69 Å². The summed E-state index contributed by atoms with van der Waals surface area (Å²) < 4.78 is 10.9. The Balaban J connectivity index is 1.53. The molecule has 0 saturated carbocycles. The van der Waals surface area contributed by atoms with Crippen LogP contribution in [0.3, 0.4) is 0 Å². The van der Waals surface area contributed by atoms with Gasteiger partial charge in [-0.1, -0.05) is 29.3 Å². The minimum atomic E-state index is -0.706. The van der Waals surface area contributed by atoms with E-state index in [1.54, 1.807) is 18.2 Å². The Bertz CT molecular complexity index is 1270. The van der Waals surface area contributed by atoms with Crippen molar-refractivity contribution in [3.63, 3.8) is 0 Å². The second kappa shape index (κ2) is 8.22. The number of Topliss-reactive ketones (excluding diaryl/α,β-unsaturated/α-hetero) is 1. The number of nitro groups is 1. The molecule has 31 heavy (non-hydrogen) atoms. The Kier molecular flexibility index (Phi) is 5.46. The number of nitrogens with zero attached hydrogens (tertiary/aromatic N) is 1. The van der Waals surface area contributed by atoms with Crippen LogP contribution in [0.2, 0.25) is 10.0 Å². The summed E-state index contributed by atoms with van der Waals surface area (Å²) in [7, 11) is 0. The van der Waals surface area contributed by atoms with Gasteiger partial charge in [0.2, 0.25) is 5.78 Å². The fourth-order valence-electron chi connectivity index (χ4n) is 2.88. The van der Waals surface area contributed by atoms with E-state index in [1.807, 2.05) is 0 Å². The topological polar surface area (TPSA) is 95.7 Å². The highest BCUT2D eigenvalue weighted by molar-refractivity contribution is 6.35. The molecule has 0 aliphatic carbocycles. The summed E-state index contributed by atoms with van der Waals surface area (Å²) >= 11 is 12.0. The molecular formula is C22H11Cl2NO6. The fourth-order valence-corrected chi connectivity index (χ4v) is 3.34. The Morgan fingerprint density at radius 1 is 1.03 bits per heavy atom. The van der Waals surface area contributed by atoms with Crippen LogP contribution in [0, 0.1) is 10.1 Å². The number of nitro benzene ring substituents is 1. The average molecular weight is 456 g/mol. The Labute approximate surface area is 185 Å². The molecule has 3 aromatic carbocycles. The molecule has 0 bridgehead atoms. The number of non-ortho nitro benzene ring substituents is 1. The highest BCUT2D eigenvalue weighted by atomic mass is 35.5. The van der Waals surface area contributed by atoms with Gasteiger partial charge in [0.15, 0.2) is 5.76 Å². The van der Waals surface area contributed by atoms with Gasteiger partial charge in [-0.3, -0.25) is 14.9 Å². The van der Waals surface area contributed by atoms with Crippen molar-refractivity contribution in [2.45, 2.75) is 0 Å². The first-order valence-electron chi connectivity index (χ1n) is 8.82. The Morgan fingerprint density at radius 2 is 1.77 bits per heavy atom. The molecule has 0 aromatic heterocycles. The first-order valence-corrected chi connectivity index (χ1v) is 9.57. The maximum Gasteiger partial charge on any atom is 0.343 e. The monoisotopic (exact) mass is 455 g/mol. The van der Waals surface area contributed by atoms with Crippen molar-refractivity contribution in [1.29, 1.82) is 0 Å². The summed E-state index contributed by atoms with van der Waals surface area (Å²) in [5, 5.41) is 11.5. The van der Waals surface area contributed by atoms with Crippen LogP contribution in [0.15, 0.2) is 66.4 Å². The maximum atomic E-state index is 12.6. The lowest BCUT2D eigenvalue weighted by Gasteiger charge is -2.05. The summed E-state index contributed by atoms with van der Waals surface area (Å²) in [6.07, 6.45) is 1.50. The predicted octanol–water partition coefficient (Wildman–Crippen LogP) is 5.74. The van der Waals surface area contributed by atoms with Gasteiger partial charge in [0.1, 0.15) is 11.5 Å². The first kappa shape index (κ1) is 20.6. The van der Waals surface area contributed by atoms with Crippen molar-refractivity contribution in [2.75, 3.05) is 0 Å². The molecule has 1 heterocycles. The third-order valence-corrected chi connectivity index (χ3v) is 4.98. The van der Waals surface area contributed by atoms with Crippen LogP contribution in [-0.2, 0) is 0 Å². The van der Waals surface area contributed by atoms with Gasteiger partial charge in [-0.05, 0) is 48.0 Å². The van der Waals surface area contributed by atoms with E-state index in [2.05, 4.69) is 0 Å². The Hall–Kier alpha value is -3.68. The number of halogens is 2. The van der Waals surface area contributed by atoms with E-state index in [0.29, 0.717) is 21.2 Å². The third kappa shape index (κ3) is 4.28. The molecule has 4 rings (SSSR count). The number of benzene rings is 3. The molecule has 9 heteroatoms. The molecule has 1 aliphatic rings. The number of allylic oxidation sites excluding steroid dienone is 1. The molecule has 0 amide bonds. The van der Waals surface area contributed by atoms with Gasteiger partial charge < -0.3 is 9.47 Å². The number of ether oxygens (including phenoxy) is 2. The van der Waals surface area contributed by atoms with Crippen molar-refractivity contribution < 1.29 is 24.0 Å². The molecule has 0 N–H and O–H groups in total. The van der Waals surface area contributed by atoms with Crippen LogP contribution >= 0.6 is 23.2 Å². The summed E-state index contributed by atoms with van der Waals surface area (Å²) in [5.41, 5.74) is 0.876. The predicted molar refractivity (Wildman–Crippen MR) is 114 cm³/mol. The zero-order chi connectivity index (χ0) is 22.1. The number of carbonyl (C=O) groups excluding carboxylic acids is 2. The van der Waals surface area contributed by atoms with Crippen molar-refractivity contribution in [1.82, 2.24) is 0 Å². The lowest BCUT2D eigenvalue weighted by Crippen LogP contribution is -2.08. The number of carbonyl (C=O) groups is 2. The SMILES string of the molecule is O=C(Oc1ccc2c(c1)OC(=Cc1ccc(Cl)cc1Cl)C2=O)c1ccc([N+](=O)[O-])cc1. The molecule has 0 saturated heterocycles. The molecule has 7 nitrogen and oxygen atoms in total. The second-order valence-corrected chi connectivity index (χ2v) is 7.30. The lowest BCUT2D eigenvalue weighted by atomic mass is 10.1. The van der Waals surface area contributed by atoms with Crippen LogP contribution in [0.4, 0.5) is 5.69 Å². The van der Waals surface area contributed by atoms with Crippen LogP contribution in [0.25, 0.3) is 6.08 Å². The van der Waals surface area contributed by atoms with E-state index >= 15 is 0 Å². The van der Waals surface area contributed by atoms with Crippen LogP contribution in [0.1, 0.15) is 26.3 Å². The molecule has 0 spiro atoms. The number of hydrogen-bond acceptors (Lipinski definition) is 6. The molecule has 0 radical (unpaired) electrons. The molecule has 3 aromatic rings. The molecule has 0 unspecified atom stereocenters. The van der Waals surface area contributed by atoms with Gasteiger partial charge in [-0.15, -0.1) is 0 Å². The van der Waals surface area contributed by atoms with E-state index in [0.717, 1.165) is 0 Å². The zero-order valence-corrected chi connectivity index (χ0v) is 17.0. The average Bonchev–Trinajstić information content (AvgIpc) is 3.05. The van der Waals surface area contributed by atoms with Gasteiger partial charge in [-0.2, -0.15) is 0 Å². The van der Waals surface area contributed by atoms with Crippen molar-refractivity contribution in [3.8, 4) is 11.5 Å². The highest BCUT2D eigenvalue weighted by Crippen LogP contribution is 2.36. The van der Waals surface area contributed by atoms with E-state index < -0.39 is 10.9 Å². The third-order valence-electron chi connectivity index (χ3n) is 4.41. The van der Waals surface area contributed by atoms with E-state index in [9.17, 15) is 19.7 Å². The number of esters is 1. The molecular weight excluding hydrogens is 445 g/mol.